The molecule has 1 aromatic rings. The van der Waals surface area contributed by atoms with E-state index < -0.39 is 49.8 Å². The monoisotopic (exact) mass is 464 g/mol. The fourth-order valence-corrected chi connectivity index (χ4v) is 7.71. The quantitative estimate of drug-likeness (QED) is 0.603. The number of nitrogens with zero attached hydrogens (tertiary/aromatic N) is 1. The van der Waals surface area contributed by atoms with Crippen LogP contribution < -0.4 is 5.32 Å². The number of hydrogen-bond acceptors (Lipinski definition) is 8. The van der Waals surface area contributed by atoms with Crippen molar-refractivity contribution in [3.63, 3.8) is 0 Å². The van der Waals surface area contributed by atoms with Crippen LogP contribution in [0.15, 0.2) is 21.7 Å². The Morgan fingerprint density at radius 3 is 2.52 bits per heavy atom. The van der Waals surface area contributed by atoms with Crippen LogP contribution in [-0.4, -0.2) is 69.8 Å². The zero-order chi connectivity index (χ0) is 21.2. The number of hydrogen-bond donors (Lipinski definition) is 1. The van der Waals surface area contributed by atoms with E-state index in [9.17, 15) is 26.4 Å². The number of sulfone groups is 1. The van der Waals surface area contributed by atoms with E-state index >= 15 is 0 Å². The van der Waals surface area contributed by atoms with Crippen molar-refractivity contribution in [3.05, 3.63) is 17.5 Å². The van der Waals surface area contributed by atoms with E-state index in [1.165, 1.54) is 11.2 Å². The maximum atomic E-state index is 12.5. The summed E-state index contributed by atoms with van der Waals surface area (Å²) in [5.41, 5.74) is 0. The van der Waals surface area contributed by atoms with Gasteiger partial charge in [-0.05, 0) is 37.6 Å². The molecule has 0 aromatic carbocycles. The van der Waals surface area contributed by atoms with Crippen molar-refractivity contribution in [3.8, 4) is 0 Å². The third kappa shape index (κ3) is 5.36. The van der Waals surface area contributed by atoms with Gasteiger partial charge >= 0.3 is 5.97 Å². The molecule has 3 heterocycles. The molecule has 0 aliphatic carbocycles. The molecule has 162 valence electrons. The highest BCUT2D eigenvalue weighted by Gasteiger charge is 2.35. The van der Waals surface area contributed by atoms with Gasteiger partial charge in [0.1, 0.15) is 4.21 Å². The van der Waals surface area contributed by atoms with Crippen molar-refractivity contribution in [2.24, 2.45) is 5.92 Å². The van der Waals surface area contributed by atoms with Crippen LogP contribution in [-0.2, 0) is 34.2 Å². The number of thiophene rings is 1. The number of rotatable bonds is 6. The first kappa shape index (κ1) is 22.2. The Morgan fingerprint density at radius 2 is 1.97 bits per heavy atom. The minimum atomic E-state index is -3.54. The van der Waals surface area contributed by atoms with Gasteiger partial charge in [0.25, 0.3) is 15.9 Å². The molecule has 2 atom stereocenters. The average Bonchev–Trinajstić information content (AvgIpc) is 3.32. The fourth-order valence-electron chi connectivity index (χ4n) is 3.42. The smallest absolute Gasteiger partial charge is 0.309 e. The van der Waals surface area contributed by atoms with E-state index in [0.717, 1.165) is 11.3 Å². The van der Waals surface area contributed by atoms with Crippen molar-refractivity contribution in [2.75, 3.05) is 24.6 Å². The molecule has 2 aliphatic heterocycles. The Bertz CT molecular complexity index is 949. The van der Waals surface area contributed by atoms with Gasteiger partial charge in [0, 0.05) is 19.1 Å². The standard InChI is InChI=1S/C17H24N2O7S3/c1-12(16(20)18-14-6-10-28(22,23)11-14)26-17(21)13-4-7-19(8-5-13)29(24,25)15-3-2-9-27-15/h2-3,9,12-14H,4-8,10-11H2,1H3,(H,18,20)/t12-,14+/m1/s1. The number of carbonyl (C=O) groups is 2. The summed E-state index contributed by atoms with van der Waals surface area (Å²) in [5, 5.41) is 4.30. The van der Waals surface area contributed by atoms with Gasteiger partial charge in [0.2, 0.25) is 0 Å². The van der Waals surface area contributed by atoms with Gasteiger partial charge in [0.05, 0.1) is 17.4 Å². The summed E-state index contributed by atoms with van der Waals surface area (Å²) in [6, 6.07) is 2.77. The van der Waals surface area contributed by atoms with Gasteiger partial charge < -0.3 is 10.1 Å². The van der Waals surface area contributed by atoms with Crippen LogP contribution in [0.5, 0.6) is 0 Å². The molecule has 0 saturated carbocycles. The molecule has 1 aromatic heterocycles. The summed E-state index contributed by atoms with van der Waals surface area (Å²) in [6.07, 6.45) is -0.0536. The highest BCUT2D eigenvalue weighted by atomic mass is 32.2. The Hall–Kier alpha value is -1.50. The second-order valence-electron chi connectivity index (χ2n) is 7.30. The molecule has 2 saturated heterocycles. The largest absolute Gasteiger partial charge is 0.452 e. The first-order chi connectivity index (χ1) is 13.6. The Morgan fingerprint density at radius 1 is 1.28 bits per heavy atom. The minimum absolute atomic E-state index is 0.0407. The molecule has 2 fully saturated rings. The average molecular weight is 465 g/mol. The number of esters is 1. The van der Waals surface area contributed by atoms with Gasteiger partial charge in [-0.25, -0.2) is 16.8 Å². The SMILES string of the molecule is C[C@@H](OC(=O)C1CCN(S(=O)(=O)c2cccs2)CC1)C(=O)N[C@H]1CCS(=O)(=O)C1. The maximum Gasteiger partial charge on any atom is 0.309 e. The van der Waals surface area contributed by atoms with Crippen molar-refractivity contribution < 1.29 is 31.2 Å². The second kappa shape index (κ2) is 8.70. The van der Waals surface area contributed by atoms with E-state index in [4.69, 9.17) is 4.74 Å². The van der Waals surface area contributed by atoms with Crippen LogP contribution >= 0.6 is 11.3 Å². The molecule has 1 N–H and O–H groups in total. The number of carbonyl (C=O) groups excluding carboxylic acids is 2. The van der Waals surface area contributed by atoms with Crippen molar-refractivity contribution in [1.29, 1.82) is 0 Å². The number of amides is 1. The zero-order valence-electron chi connectivity index (χ0n) is 15.9. The summed E-state index contributed by atoms with van der Waals surface area (Å²) in [6.45, 7) is 1.86. The fraction of sp³-hybridized carbons (Fsp3) is 0.647. The van der Waals surface area contributed by atoms with Gasteiger partial charge in [-0.2, -0.15) is 4.31 Å². The van der Waals surface area contributed by atoms with E-state index in [-0.39, 0.29) is 28.8 Å². The molecule has 0 unspecified atom stereocenters. The summed E-state index contributed by atoms with van der Waals surface area (Å²) in [5.74, 6) is -1.61. The van der Waals surface area contributed by atoms with Crippen LogP contribution in [0.2, 0.25) is 0 Å². The lowest BCUT2D eigenvalue weighted by atomic mass is 9.98. The summed E-state index contributed by atoms with van der Waals surface area (Å²) in [7, 11) is -6.66. The Balaban J connectivity index is 1.47. The van der Waals surface area contributed by atoms with Gasteiger partial charge in [0.15, 0.2) is 15.9 Å². The number of piperidine rings is 1. The van der Waals surface area contributed by atoms with Crippen LogP contribution in [0.4, 0.5) is 0 Å². The van der Waals surface area contributed by atoms with Crippen LogP contribution in [0, 0.1) is 5.92 Å². The predicted molar refractivity (Wildman–Crippen MR) is 107 cm³/mol. The maximum absolute atomic E-state index is 12.5. The lowest BCUT2D eigenvalue weighted by Crippen LogP contribution is -2.44. The summed E-state index contributed by atoms with van der Waals surface area (Å²) >= 11 is 1.15. The molecule has 12 heteroatoms. The molecular formula is C17H24N2O7S3. The van der Waals surface area contributed by atoms with Crippen molar-refractivity contribution >= 4 is 43.1 Å². The third-order valence-electron chi connectivity index (χ3n) is 5.12. The van der Waals surface area contributed by atoms with Crippen LogP contribution in [0.25, 0.3) is 0 Å². The molecular weight excluding hydrogens is 440 g/mol. The predicted octanol–water partition coefficient (Wildman–Crippen LogP) is 0.384. The van der Waals surface area contributed by atoms with Gasteiger partial charge in [-0.15, -0.1) is 11.3 Å². The number of sulfonamides is 1. The van der Waals surface area contributed by atoms with Crippen molar-refractivity contribution in [1.82, 2.24) is 9.62 Å². The molecule has 2 aliphatic rings. The molecule has 1 amide bonds. The first-order valence-electron chi connectivity index (χ1n) is 9.33. The highest BCUT2D eigenvalue weighted by molar-refractivity contribution is 7.91. The first-order valence-corrected chi connectivity index (χ1v) is 13.5. The molecule has 9 nitrogen and oxygen atoms in total. The second-order valence-corrected chi connectivity index (χ2v) is 12.6. The van der Waals surface area contributed by atoms with E-state index in [0.29, 0.717) is 19.3 Å². The normalized spacial score (nSPS) is 24.1. The van der Waals surface area contributed by atoms with E-state index in [2.05, 4.69) is 5.32 Å². The van der Waals surface area contributed by atoms with Crippen LogP contribution in [0.1, 0.15) is 26.2 Å². The molecule has 3 rings (SSSR count). The lowest BCUT2D eigenvalue weighted by molar-refractivity contribution is -0.160. The third-order valence-corrected chi connectivity index (χ3v) is 10.2. The minimum Gasteiger partial charge on any atom is -0.452 e. The lowest BCUT2D eigenvalue weighted by Gasteiger charge is -2.30. The topological polar surface area (TPSA) is 127 Å². The Kier molecular flexibility index (Phi) is 6.66. The number of ether oxygens (including phenoxy) is 1. The van der Waals surface area contributed by atoms with Crippen LogP contribution in [0.3, 0.4) is 0 Å². The summed E-state index contributed by atoms with van der Waals surface area (Å²) < 4.78 is 54.9. The summed E-state index contributed by atoms with van der Waals surface area (Å²) in [4.78, 5) is 24.5. The molecule has 29 heavy (non-hydrogen) atoms. The van der Waals surface area contributed by atoms with Crippen molar-refractivity contribution in [2.45, 2.75) is 42.5 Å². The van der Waals surface area contributed by atoms with Gasteiger partial charge in [-0.1, -0.05) is 6.07 Å². The zero-order valence-corrected chi connectivity index (χ0v) is 18.4. The molecule has 0 radical (unpaired) electrons. The molecule has 0 spiro atoms. The molecule has 0 bridgehead atoms. The van der Waals surface area contributed by atoms with E-state index in [1.54, 1.807) is 17.5 Å². The highest BCUT2D eigenvalue weighted by Crippen LogP contribution is 2.27. The van der Waals surface area contributed by atoms with E-state index in [1.807, 2.05) is 0 Å². The number of nitrogens with one attached hydrogen (secondary N) is 1. The van der Waals surface area contributed by atoms with Gasteiger partial charge in [-0.3, -0.25) is 9.59 Å². The Labute approximate surface area is 174 Å².